The molecule has 2 aliphatic rings. The first-order valence-corrected chi connectivity index (χ1v) is 5.94. The number of rotatable bonds is 0. The van der Waals surface area contributed by atoms with Gasteiger partial charge >= 0.3 is 0 Å². The van der Waals surface area contributed by atoms with E-state index in [-0.39, 0.29) is 11.6 Å². The fourth-order valence-electron chi connectivity index (χ4n) is 3.14. The molecule has 1 saturated heterocycles. The molecule has 0 unspecified atom stereocenters. The van der Waals surface area contributed by atoms with E-state index in [1.54, 1.807) is 0 Å². The fourth-order valence-corrected chi connectivity index (χ4v) is 3.14. The molecule has 1 heterocycles. The maximum Gasteiger partial charge on any atom is 0.0837 e. The Balaban J connectivity index is 2.13. The highest BCUT2D eigenvalue weighted by Crippen LogP contribution is 2.46. The van der Waals surface area contributed by atoms with Gasteiger partial charge < -0.3 is 10.5 Å². The lowest BCUT2D eigenvalue weighted by atomic mass is 9.65. The molecule has 2 heteroatoms. The van der Waals surface area contributed by atoms with Crippen molar-refractivity contribution < 1.29 is 4.74 Å². The molecule has 0 radical (unpaired) electrons. The van der Waals surface area contributed by atoms with Gasteiger partial charge in [-0.2, -0.15) is 0 Å². The lowest BCUT2D eigenvalue weighted by Gasteiger charge is -2.50. The molecule has 2 N–H and O–H groups in total. The van der Waals surface area contributed by atoms with Crippen LogP contribution in [0.15, 0.2) is 0 Å². The molecule has 0 aromatic rings. The molecule has 2 nitrogen and oxygen atoms in total. The standard InChI is InChI=1S/C12H23NO/c1-11(2)7-5-10(13)12(9-11)6-3-4-8-14-12/h10H,3-9,13H2,1-2H3/t10-,12+/m0/s1. The highest BCUT2D eigenvalue weighted by Gasteiger charge is 2.46. The third-order valence-corrected chi connectivity index (χ3v) is 3.97. The van der Waals surface area contributed by atoms with Crippen molar-refractivity contribution in [1.82, 2.24) is 0 Å². The normalized spacial score (nSPS) is 42.6. The largest absolute Gasteiger partial charge is 0.373 e. The molecule has 2 rings (SSSR count). The molecule has 1 spiro atoms. The fraction of sp³-hybridized carbons (Fsp3) is 1.00. The summed E-state index contributed by atoms with van der Waals surface area (Å²) in [7, 11) is 0. The van der Waals surface area contributed by atoms with E-state index in [0.717, 1.165) is 19.4 Å². The van der Waals surface area contributed by atoms with Crippen LogP contribution >= 0.6 is 0 Å². The molecule has 0 aromatic carbocycles. The Labute approximate surface area is 87.2 Å². The molecule has 2 atom stereocenters. The summed E-state index contributed by atoms with van der Waals surface area (Å²) in [6.07, 6.45) is 7.23. The van der Waals surface area contributed by atoms with E-state index in [1.165, 1.54) is 25.7 Å². The Morgan fingerprint density at radius 2 is 2.00 bits per heavy atom. The number of hydrogen-bond acceptors (Lipinski definition) is 2. The van der Waals surface area contributed by atoms with E-state index in [9.17, 15) is 0 Å². The van der Waals surface area contributed by atoms with Crippen molar-refractivity contribution in [3.8, 4) is 0 Å². The Bertz CT molecular complexity index is 206. The van der Waals surface area contributed by atoms with Gasteiger partial charge in [0.15, 0.2) is 0 Å². The minimum absolute atomic E-state index is 0.0278. The van der Waals surface area contributed by atoms with E-state index in [2.05, 4.69) is 13.8 Å². The van der Waals surface area contributed by atoms with Crippen LogP contribution < -0.4 is 5.73 Å². The average Bonchev–Trinajstić information content (AvgIpc) is 2.13. The molecular weight excluding hydrogens is 174 g/mol. The molecule has 2 fully saturated rings. The van der Waals surface area contributed by atoms with Gasteiger partial charge in [0, 0.05) is 12.6 Å². The summed E-state index contributed by atoms with van der Waals surface area (Å²) in [6.45, 7) is 5.61. The van der Waals surface area contributed by atoms with Gasteiger partial charge in [0.05, 0.1) is 5.60 Å². The van der Waals surface area contributed by atoms with Crippen LogP contribution in [0.25, 0.3) is 0 Å². The summed E-state index contributed by atoms with van der Waals surface area (Å²) in [5.74, 6) is 0. The van der Waals surface area contributed by atoms with Crippen molar-refractivity contribution in [3.05, 3.63) is 0 Å². The molecule has 0 bridgehead atoms. The van der Waals surface area contributed by atoms with Crippen LogP contribution in [0.1, 0.15) is 52.4 Å². The molecular formula is C12H23NO. The van der Waals surface area contributed by atoms with Crippen LogP contribution in [0.4, 0.5) is 0 Å². The highest BCUT2D eigenvalue weighted by molar-refractivity contribution is 5.01. The van der Waals surface area contributed by atoms with Crippen LogP contribution in [0.3, 0.4) is 0 Å². The van der Waals surface area contributed by atoms with Gasteiger partial charge in [-0.05, 0) is 43.9 Å². The van der Waals surface area contributed by atoms with Crippen molar-refractivity contribution in [1.29, 1.82) is 0 Å². The van der Waals surface area contributed by atoms with Gasteiger partial charge in [-0.1, -0.05) is 13.8 Å². The van der Waals surface area contributed by atoms with E-state index >= 15 is 0 Å². The first-order chi connectivity index (χ1) is 6.54. The van der Waals surface area contributed by atoms with Gasteiger partial charge in [0.2, 0.25) is 0 Å². The van der Waals surface area contributed by atoms with Crippen LogP contribution in [-0.2, 0) is 4.74 Å². The zero-order valence-electron chi connectivity index (χ0n) is 9.51. The quantitative estimate of drug-likeness (QED) is 0.647. The van der Waals surface area contributed by atoms with Gasteiger partial charge in [0.1, 0.15) is 0 Å². The first-order valence-electron chi connectivity index (χ1n) is 5.94. The second kappa shape index (κ2) is 3.49. The van der Waals surface area contributed by atoms with E-state index < -0.39 is 0 Å². The molecule has 1 aliphatic carbocycles. The summed E-state index contributed by atoms with van der Waals surface area (Å²) in [5, 5.41) is 0. The van der Waals surface area contributed by atoms with Gasteiger partial charge in [0.25, 0.3) is 0 Å². The Morgan fingerprint density at radius 1 is 1.21 bits per heavy atom. The lowest BCUT2D eigenvalue weighted by Crippen LogP contribution is -2.57. The van der Waals surface area contributed by atoms with Gasteiger partial charge in [-0.3, -0.25) is 0 Å². The van der Waals surface area contributed by atoms with Gasteiger partial charge in [-0.25, -0.2) is 0 Å². The van der Waals surface area contributed by atoms with Crippen LogP contribution in [-0.4, -0.2) is 18.2 Å². The Kier molecular flexibility index (Phi) is 2.61. The lowest BCUT2D eigenvalue weighted by molar-refractivity contribution is -0.135. The first kappa shape index (κ1) is 10.4. The monoisotopic (exact) mass is 197 g/mol. The average molecular weight is 197 g/mol. The van der Waals surface area contributed by atoms with E-state index in [4.69, 9.17) is 10.5 Å². The topological polar surface area (TPSA) is 35.2 Å². The summed E-state index contributed by atoms with van der Waals surface area (Å²) in [6, 6.07) is 0.274. The zero-order chi connectivity index (χ0) is 10.2. The minimum atomic E-state index is 0.0278. The molecule has 14 heavy (non-hydrogen) atoms. The number of nitrogens with two attached hydrogens (primary N) is 1. The third kappa shape index (κ3) is 1.82. The molecule has 0 amide bonds. The van der Waals surface area contributed by atoms with E-state index in [1.807, 2.05) is 0 Å². The van der Waals surface area contributed by atoms with Gasteiger partial charge in [-0.15, -0.1) is 0 Å². The van der Waals surface area contributed by atoms with Crippen molar-refractivity contribution in [2.24, 2.45) is 11.1 Å². The minimum Gasteiger partial charge on any atom is -0.373 e. The Morgan fingerprint density at radius 3 is 2.64 bits per heavy atom. The predicted octanol–water partition coefficient (Wildman–Crippen LogP) is 2.46. The smallest absolute Gasteiger partial charge is 0.0837 e. The maximum atomic E-state index is 6.24. The maximum absolute atomic E-state index is 6.24. The zero-order valence-corrected chi connectivity index (χ0v) is 9.51. The number of ether oxygens (including phenoxy) is 1. The van der Waals surface area contributed by atoms with Crippen LogP contribution in [0, 0.1) is 5.41 Å². The molecule has 1 aliphatic heterocycles. The van der Waals surface area contributed by atoms with Crippen LogP contribution in [0.2, 0.25) is 0 Å². The third-order valence-electron chi connectivity index (χ3n) is 3.97. The molecule has 1 saturated carbocycles. The molecule has 0 aromatic heterocycles. The summed E-state index contributed by atoms with van der Waals surface area (Å²) in [5.41, 5.74) is 6.69. The number of hydrogen-bond donors (Lipinski definition) is 1. The predicted molar refractivity (Wildman–Crippen MR) is 58.1 cm³/mol. The van der Waals surface area contributed by atoms with Crippen molar-refractivity contribution >= 4 is 0 Å². The second-order valence-corrected chi connectivity index (χ2v) is 5.86. The second-order valence-electron chi connectivity index (χ2n) is 5.86. The van der Waals surface area contributed by atoms with Crippen molar-refractivity contribution in [2.75, 3.05) is 6.61 Å². The SMILES string of the molecule is CC1(C)CC[C@H](N)[C@@]2(CCCCO2)C1. The molecule has 82 valence electrons. The summed E-state index contributed by atoms with van der Waals surface area (Å²) in [4.78, 5) is 0. The Hall–Kier alpha value is -0.0800. The summed E-state index contributed by atoms with van der Waals surface area (Å²) < 4.78 is 6.03. The summed E-state index contributed by atoms with van der Waals surface area (Å²) >= 11 is 0. The van der Waals surface area contributed by atoms with E-state index in [0.29, 0.717) is 5.41 Å². The highest BCUT2D eigenvalue weighted by atomic mass is 16.5. The van der Waals surface area contributed by atoms with Crippen LogP contribution in [0.5, 0.6) is 0 Å². The van der Waals surface area contributed by atoms with Crippen molar-refractivity contribution in [3.63, 3.8) is 0 Å². The van der Waals surface area contributed by atoms with Crippen molar-refractivity contribution in [2.45, 2.75) is 64.0 Å².